The molecule has 2 N–H and O–H groups in total. The predicted octanol–water partition coefficient (Wildman–Crippen LogP) is 2.02. The standard InChI is InChI=1S/C11H19ClN2O2/c1-2-8-3-5-9(6-4-8)13-11(16)14-10(15)7-12/h8-9H,2-7H2,1H3,(H2,13,14,15,16). The van der Waals surface area contributed by atoms with E-state index in [-0.39, 0.29) is 11.9 Å². The molecule has 1 aliphatic carbocycles. The maximum atomic E-state index is 11.3. The van der Waals surface area contributed by atoms with E-state index in [9.17, 15) is 9.59 Å². The fraction of sp³-hybridized carbons (Fsp3) is 0.818. The summed E-state index contributed by atoms with van der Waals surface area (Å²) in [6.07, 6.45) is 5.53. The molecular formula is C11H19ClN2O2. The fourth-order valence-corrected chi connectivity index (χ4v) is 2.16. The molecule has 0 saturated heterocycles. The maximum Gasteiger partial charge on any atom is 0.321 e. The van der Waals surface area contributed by atoms with Crippen molar-refractivity contribution in [3.63, 3.8) is 0 Å². The molecule has 1 aliphatic rings. The van der Waals surface area contributed by atoms with Crippen LogP contribution in [0.2, 0.25) is 0 Å². The Balaban J connectivity index is 2.23. The number of urea groups is 1. The van der Waals surface area contributed by atoms with Crippen LogP contribution in [0.3, 0.4) is 0 Å². The molecule has 0 unspecified atom stereocenters. The first-order valence-electron chi connectivity index (χ1n) is 5.82. The number of halogens is 1. The van der Waals surface area contributed by atoms with E-state index < -0.39 is 11.9 Å². The Kier molecular flexibility index (Phi) is 5.60. The Hall–Kier alpha value is -0.770. The number of nitrogens with one attached hydrogen (secondary N) is 2. The first-order chi connectivity index (χ1) is 7.65. The van der Waals surface area contributed by atoms with E-state index in [1.807, 2.05) is 0 Å². The van der Waals surface area contributed by atoms with Gasteiger partial charge in [-0.15, -0.1) is 11.6 Å². The minimum atomic E-state index is -0.457. The van der Waals surface area contributed by atoms with Crippen molar-refractivity contribution in [1.82, 2.24) is 10.6 Å². The fourth-order valence-electron chi connectivity index (χ4n) is 2.10. The Morgan fingerprint density at radius 1 is 1.25 bits per heavy atom. The van der Waals surface area contributed by atoms with Gasteiger partial charge in [0, 0.05) is 6.04 Å². The van der Waals surface area contributed by atoms with Crippen molar-refractivity contribution in [2.75, 3.05) is 5.88 Å². The normalized spacial score (nSPS) is 24.9. The molecule has 0 heterocycles. The van der Waals surface area contributed by atoms with Crippen molar-refractivity contribution < 1.29 is 9.59 Å². The number of hydrogen-bond acceptors (Lipinski definition) is 2. The number of amides is 3. The van der Waals surface area contributed by atoms with Crippen LogP contribution in [-0.4, -0.2) is 23.9 Å². The molecule has 0 radical (unpaired) electrons. The summed E-state index contributed by atoms with van der Waals surface area (Å²) in [5.74, 6) is 0.155. The molecule has 16 heavy (non-hydrogen) atoms. The van der Waals surface area contributed by atoms with Gasteiger partial charge in [0.25, 0.3) is 0 Å². The lowest BCUT2D eigenvalue weighted by atomic mass is 9.85. The monoisotopic (exact) mass is 246 g/mol. The van der Waals surface area contributed by atoms with Crippen molar-refractivity contribution in [3.05, 3.63) is 0 Å². The second-order valence-electron chi connectivity index (χ2n) is 4.28. The summed E-state index contributed by atoms with van der Waals surface area (Å²) in [6, 6.07) is -0.225. The summed E-state index contributed by atoms with van der Waals surface area (Å²) in [6.45, 7) is 2.20. The lowest BCUT2D eigenvalue weighted by Gasteiger charge is -2.28. The van der Waals surface area contributed by atoms with E-state index in [0.29, 0.717) is 0 Å². The molecule has 0 aliphatic heterocycles. The zero-order valence-corrected chi connectivity index (χ0v) is 10.3. The Labute approximate surface area is 101 Å². The van der Waals surface area contributed by atoms with Crippen LogP contribution < -0.4 is 10.6 Å². The molecule has 3 amide bonds. The molecule has 5 heteroatoms. The third-order valence-electron chi connectivity index (χ3n) is 3.13. The molecular weight excluding hydrogens is 228 g/mol. The minimum Gasteiger partial charge on any atom is -0.335 e. The second kappa shape index (κ2) is 6.74. The molecule has 0 atom stereocenters. The molecule has 0 spiro atoms. The van der Waals surface area contributed by atoms with Crippen LogP contribution >= 0.6 is 11.6 Å². The van der Waals surface area contributed by atoms with Crippen molar-refractivity contribution in [2.45, 2.75) is 45.1 Å². The lowest BCUT2D eigenvalue weighted by molar-refractivity contribution is -0.117. The topological polar surface area (TPSA) is 58.2 Å². The van der Waals surface area contributed by atoms with Gasteiger partial charge in [-0.05, 0) is 31.6 Å². The summed E-state index contributed by atoms with van der Waals surface area (Å²) in [4.78, 5) is 22.2. The van der Waals surface area contributed by atoms with E-state index in [0.717, 1.165) is 31.6 Å². The zero-order chi connectivity index (χ0) is 12.0. The summed E-state index contributed by atoms with van der Waals surface area (Å²) >= 11 is 5.28. The minimum absolute atomic E-state index is 0.185. The zero-order valence-electron chi connectivity index (χ0n) is 9.59. The Morgan fingerprint density at radius 3 is 2.38 bits per heavy atom. The quantitative estimate of drug-likeness (QED) is 0.749. The van der Waals surface area contributed by atoms with Crippen molar-refractivity contribution in [2.24, 2.45) is 5.92 Å². The number of alkyl halides is 1. The van der Waals surface area contributed by atoms with Gasteiger partial charge in [0.2, 0.25) is 5.91 Å². The van der Waals surface area contributed by atoms with Gasteiger partial charge in [0.05, 0.1) is 0 Å². The molecule has 1 saturated carbocycles. The Bertz CT molecular complexity index is 250. The van der Waals surface area contributed by atoms with Crippen LogP contribution in [0.4, 0.5) is 4.79 Å². The highest BCUT2D eigenvalue weighted by atomic mass is 35.5. The van der Waals surface area contributed by atoms with Crippen LogP contribution in [-0.2, 0) is 4.79 Å². The average molecular weight is 247 g/mol. The highest BCUT2D eigenvalue weighted by Gasteiger charge is 2.21. The molecule has 1 rings (SSSR count). The first-order valence-corrected chi connectivity index (χ1v) is 6.35. The van der Waals surface area contributed by atoms with Crippen LogP contribution in [0.1, 0.15) is 39.0 Å². The second-order valence-corrected chi connectivity index (χ2v) is 4.55. The number of rotatable bonds is 3. The number of hydrogen-bond donors (Lipinski definition) is 2. The highest BCUT2D eigenvalue weighted by molar-refractivity contribution is 6.28. The summed E-state index contributed by atoms with van der Waals surface area (Å²) < 4.78 is 0. The molecule has 0 bridgehead atoms. The van der Waals surface area contributed by atoms with Gasteiger partial charge in [-0.25, -0.2) is 4.79 Å². The highest BCUT2D eigenvalue weighted by Crippen LogP contribution is 2.26. The Morgan fingerprint density at radius 2 is 1.88 bits per heavy atom. The lowest BCUT2D eigenvalue weighted by Crippen LogP contribution is -2.46. The summed E-state index contributed by atoms with van der Waals surface area (Å²) in [5, 5.41) is 4.98. The number of carbonyl (C=O) groups is 2. The van der Waals surface area contributed by atoms with Gasteiger partial charge in [-0.2, -0.15) is 0 Å². The third-order valence-corrected chi connectivity index (χ3v) is 3.38. The molecule has 0 aromatic rings. The molecule has 4 nitrogen and oxygen atoms in total. The van der Waals surface area contributed by atoms with E-state index in [2.05, 4.69) is 17.6 Å². The maximum absolute atomic E-state index is 11.3. The summed E-state index contributed by atoms with van der Waals surface area (Å²) in [7, 11) is 0. The van der Waals surface area contributed by atoms with Gasteiger partial charge in [0.1, 0.15) is 5.88 Å². The van der Waals surface area contributed by atoms with Gasteiger partial charge in [-0.1, -0.05) is 13.3 Å². The predicted molar refractivity (Wildman–Crippen MR) is 63.4 cm³/mol. The smallest absolute Gasteiger partial charge is 0.321 e. The number of carbonyl (C=O) groups excluding carboxylic acids is 2. The van der Waals surface area contributed by atoms with Gasteiger partial charge >= 0.3 is 6.03 Å². The SMILES string of the molecule is CCC1CCC(NC(=O)NC(=O)CCl)CC1. The van der Waals surface area contributed by atoms with Crippen LogP contribution in [0.25, 0.3) is 0 Å². The summed E-state index contributed by atoms with van der Waals surface area (Å²) in [5.41, 5.74) is 0. The third kappa shape index (κ3) is 4.39. The first kappa shape index (κ1) is 13.3. The van der Waals surface area contributed by atoms with Crippen LogP contribution in [0, 0.1) is 5.92 Å². The van der Waals surface area contributed by atoms with Crippen molar-refractivity contribution >= 4 is 23.5 Å². The molecule has 0 aromatic carbocycles. The van der Waals surface area contributed by atoms with Crippen LogP contribution in [0.5, 0.6) is 0 Å². The van der Waals surface area contributed by atoms with Crippen molar-refractivity contribution in [1.29, 1.82) is 0 Å². The molecule has 1 fully saturated rings. The molecule has 0 aromatic heterocycles. The van der Waals surface area contributed by atoms with E-state index in [1.54, 1.807) is 0 Å². The largest absolute Gasteiger partial charge is 0.335 e. The van der Waals surface area contributed by atoms with E-state index in [4.69, 9.17) is 11.6 Å². The number of imide groups is 1. The van der Waals surface area contributed by atoms with Gasteiger partial charge in [0.15, 0.2) is 0 Å². The molecule has 92 valence electrons. The van der Waals surface area contributed by atoms with Gasteiger partial charge < -0.3 is 5.32 Å². The van der Waals surface area contributed by atoms with E-state index in [1.165, 1.54) is 6.42 Å². The average Bonchev–Trinajstić information content (AvgIpc) is 2.29. The van der Waals surface area contributed by atoms with Crippen LogP contribution in [0.15, 0.2) is 0 Å². The van der Waals surface area contributed by atoms with Gasteiger partial charge in [-0.3, -0.25) is 10.1 Å². The van der Waals surface area contributed by atoms with E-state index >= 15 is 0 Å². The van der Waals surface area contributed by atoms with Crippen molar-refractivity contribution in [3.8, 4) is 0 Å².